The Morgan fingerprint density at radius 1 is 0.536 bits per heavy atom. The van der Waals surface area contributed by atoms with E-state index < -0.39 is 56.2 Å². The third-order valence-corrected chi connectivity index (χ3v) is 290. The number of hydrogen-bond acceptors (Lipinski definition) is 1. The summed E-state index contributed by atoms with van der Waals surface area (Å²) in [6, 6.07) is 0. The topological polar surface area (TPSA) is 3.24 Å². The van der Waals surface area contributed by atoms with E-state index in [1.807, 2.05) is 0 Å². The van der Waals surface area contributed by atoms with Gasteiger partial charge in [-0.25, -0.2) is 0 Å². The first kappa shape index (κ1) is 26.4. The molecule has 0 aromatic heterocycles. The maximum absolute atomic E-state index is 3.26. The van der Waals surface area contributed by atoms with Crippen LogP contribution in [0.4, 0.5) is 0 Å². The van der Waals surface area contributed by atoms with Crippen LogP contribution in [0.15, 0.2) is 0 Å². The van der Waals surface area contributed by atoms with Gasteiger partial charge in [0.2, 0.25) is 0 Å². The van der Waals surface area contributed by atoms with Crippen LogP contribution in [-0.2, 0) is 0 Å². The average molecular weight is 538 g/mol. The molecule has 0 spiro atoms. The van der Waals surface area contributed by atoms with Gasteiger partial charge in [-0.05, 0) is 13.1 Å². The van der Waals surface area contributed by atoms with Crippen LogP contribution < -0.4 is 0 Å². The van der Waals surface area contributed by atoms with E-state index in [-0.39, 0.29) is 7.17 Å². The smallest absolute Gasteiger partial charge is 0.0696 e. The standard InChI is InChI=1S/C18H52NPSi8/c1-17-19(18-2)20-27(21(3,4)5)23(9,10)25(13,14)28(20,22(6,7)8)26(15,16)24(27,11)12/h17-18H2,1-16H3. The lowest BCUT2D eigenvalue weighted by molar-refractivity contribution is 0.518. The summed E-state index contributed by atoms with van der Waals surface area (Å²) in [5.41, 5.74) is 0. The maximum Gasteiger partial charge on any atom is 0.0696 e. The van der Waals surface area contributed by atoms with E-state index in [0.29, 0.717) is 0 Å². The fourth-order valence-electron chi connectivity index (χ4n) is 10.00. The van der Waals surface area contributed by atoms with E-state index in [1.165, 1.54) is 13.1 Å². The highest BCUT2D eigenvalue weighted by Gasteiger charge is 2.96. The number of nitrogens with zero attached hydrogens (tertiary/aromatic N) is 1. The van der Waals surface area contributed by atoms with Gasteiger partial charge in [0.05, 0.1) is 12.6 Å². The normalized spacial score (nSPS) is 38.2. The Labute approximate surface area is 185 Å². The molecular weight excluding hydrogens is 486 g/mol. The van der Waals surface area contributed by atoms with Crippen molar-refractivity contribution in [3.8, 4) is 0 Å². The van der Waals surface area contributed by atoms with Gasteiger partial charge in [-0.15, -0.1) is 0 Å². The Hall–Kier alpha value is 2.13. The van der Waals surface area contributed by atoms with Crippen LogP contribution in [-0.4, -0.2) is 74.0 Å². The van der Waals surface area contributed by atoms with E-state index in [4.69, 9.17) is 0 Å². The highest BCUT2D eigenvalue weighted by atomic mass is 31.8. The minimum atomic E-state index is -1.25. The number of fused-ring (bicyclic) bond motifs is 2. The van der Waals surface area contributed by atoms with E-state index in [0.717, 1.165) is 0 Å². The first-order valence-corrected chi connectivity index (χ1v) is 45.7. The fraction of sp³-hybridized carbons (Fsp3) is 1.00. The Morgan fingerprint density at radius 3 is 0.893 bits per heavy atom. The molecule has 0 aromatic rings. The monoisotopic (exact) mass is 537 g/mol. The number of rotatable bonds is 5. The molecule has 28 heavy (non-hydrogen) atoms. The molecule has 0 saturated carbocycles. The Bertz CT molecular complexity index is 565. The SMILES string of the molecule is CCN(CC)P1[Si]2([Si](C)(C)C)[Si](C)(C)[Si](C)(C)[Si]1([Si](C)(C)C)[Si](C)(C)[Si]2(C)C. The average Bonchev–Trinajstić information content (AvgIpc) is 2.67. The van der Waals surface area contributed by atoms with Gasteiger partial charge in [-0.1, -0.05) is 113 Å². The molecule has 166 valence electrons. The molecule has 1 nitrogen and oxygen atoms in total. The summed E-state index contributed by atoms with van der Waals surface area (Å²) in [4.78, 5) is 0. The van der Waals surface area contributed by atoms with Crippen molar-refractivity contribution in [1.29, 1.82) is 0 Å². The second-order valence-electron chi connectivity index (χ2n) is 13.9. The lowest BCUT2D eigenvalue weighted by atomic mass is 10.7. The van der Waals surface area contributed by atoms with Gasteiger partial charge in [0.1, 0.15) is 0 Å². The summed E-state index contributed by atoms with van der Waals surface area (Å²) in [5.74, 6) is 0. The summed E-state index contributed by atoms with van der Waals surface area (Å²) in [6.07, 6.45) is -2.50. The van der Waals surface area contributed by atoms with Crippen LogP contribution in [0.2, 0.25) is 91.7 Å². The predicted molar refractivity (Wildman–Crippen MR) is 158 cm³/mol. The molecule has 0 aliphatic carbocycles. The van der Waals surface area contributed by atoms with Gasteiger partial charge in [0, 0.05) is 43.6 Å². The highest BCUT2D eigenvalue weighted by molar-refractivity contribution is 8.68. The summed E-state index contributed by atoms with van der Waals surface area (Å²) in [6.45, 7) is 49.7. The van der Waals surface area contributed by atoms with Crippen molar-refractivity contribution in [2.24, 2.45) is 0 Å². The van der Waals surface area contributed by atoms with Gasteiger partial charge < -0.3 is 0 Å². The predicted octanol–water partition coefficient (Wildman–Crippen LogP) is 6.78. The molecule has 2 rings (SSSR count). The molecule has 0 unspecified atom stereocenters. The molecule has 0 N–H and O–H groups in total. The molecule has 0 radical (unpaired) electrons. The second kappa shape index (κ2) is 6.82. The van der Waals surface area contributed by atoms with Crippen molar-refractivity contribution < 1.29 is 0 Å². The summed E-state index contributed by atoms with van der Waals surface area (Å²) in [7, 11) is -6.83. The quantitative estimate of drug-likeness (QED) is 0.276. The van der Waals surface area contributed by atoms with Crippen LogP contribution in [0.5, 0.6) is 0 Å². The highest BCUT2D eigenvalue weighted by Crippen LogP contribution is 2.83. The van der Waals surface area contributed by atoms with Crippen molar-refractivity contribution in [3.63, 3.8) is 0 Å². The molecule has 0 atom stereocenters. The van der Waals surface area contributed by atoms with Gasteiger partial charge >= 0.3 is 0 Å². The van der Waals surface area contributed by atoms with Crippen molar-refractivity contribution in [2.75, 3.05) is 13.1 Å². The van der Waals surface area contributed by atoms with Gasteiger partial charge in [0.25, 0.3) is 0 Å². The van der Waals surface area contributed by atoms with Crippen LogP contribution in [0.3, 0.4) is 0 Å². The summed E-state index contributed by atoms with van der Waals surface area (Å²) >= 11 is 0. The number of hydrogen-bond donors (Lipinski definition) is 0. The van der Waals surface area contributed by atoms with E-state index >= 15 is 0 Å². The molecular formula is C18H52NPSi8. The van der Waals surface area contributed by atoms with E-state index in [1.54, 1.807) is 0 Å². The fourth-order valence-corrected chi connectivity index (χ4v) is 622. The third-order valence-electron chi connectivity index (χ3n) is 10.6. The molecule has 2 aliphatic heterocycles. The molecule has 2 heterocycles. The molecule has 10 heteroatoms. The minimum Gasteiger partial charge on any atom is -0.291 e. The van der Waals surface area contributed by atoms with Crippen LogP contribution in [0, 0.1) is 0 Å². The van der Waals surface area contributed by atoms with Gasteiger partial charge in [-0.3, -0.25) is 4.67 Å². The van der Waals surface area contributed by atoms with Crippen molar-refractivity contribution >= 4 is 63.4 Å². The van der Waals surface area contributed by atoms with Gasteiger partial charge in [0.15, 0.2) is 0 Å². The van der Waals surface area contributed by atoms with E-state index in [2.05, 4.69) is 110 Å². The first-order valence-electron chi connectivity index (χ1n) is 11.7. The Morgan fingerprint density at radius 2 is 0.750 bits per heavy atom. The van der Waals surface area contributed by atoms with Crippen LogP contribution in [0.1, 0.15) is 13.8 Å². The minimum absolute atomic E-state index is 0.265. The summed E-state index contributed by atoms with van der Waals surface area (Å²) in [5, 5.41) is 0. The molecule has 0 amide bonds. The first-order chi connectivity index (χ1) is 12.1. The Balaban J connectivity index is 3.26. The molecule has 2 aliphatic rings. The maximum atomic E-state index is 3.26. The van der Waals surface area contributed by atoms with Crippen molar-refractivity contribution in [3.05, 3.63) is 0 Å². The summed E-state index contributed by atoms with van der Waals surface area (Å²) < 4.78 is 3.26. The van der Waals surface area contributed by atoms with E-state index in [9.17, 15) is 0 Å². The Kier molecular flexibility index (Phi) is 6.42. The van der Waals surface area contributed by atoms with Crippen LogP contribution in [0.25, 0.3) is 0 Å². The zero-order valence-electron chi connectivity index (χ0n) is 22.3. The van der Waals surface area contributed by atoms with Crippen molar-refractivity contribution in [1.82, 2.24) is 4.67 Å². The molecule has 0 aromatic carbocycles. The zero-order valence-corrected chi connectivity index (χ0v) is 31.2. The largest absolute Gasteiger partial charge is 0.291 e. The molecule has 2 saturated heterocycles. The lowest BCUT2D eigenvalue weighted by Gasteiger charge is -2.68. The zero-order chi connectivity index (χ0) is 22.6. The molecule has 2 fully saturated rings. The molecule has 2 bridgehead atoms. The second-order valence-corrected chi connectivity index (χ2v) is 123. The van der Waals surface area contributed by atoms with Gasteiger partial charge in [-0.2, -0.15) is 0 Å². The lowest BCUT2D eigenvalue weighted by Crippen LogP contribution is -2.99. The van der Waals surface area contributed by atoms with Crippen molar-refractivity contribution in [2.45, 2.75) is 106 Å². The third kappa shape index (κ3) is 2.34. The van der Waals surface area contributed by atoms with Crippen LogP contribution >= 0.6 is 7.17 Å².